The normalized spacial score (nSPS) is 18.4. The number of ether oxygens (including phenoxy) is 1. The van der Waals surface area contributed by atoms with Crippen molar-refractivity contribution >= 4 is 11.9 Å². The zero-order chi connectivity index (χ0) is 15.8. The molecule has 5 heteroatoms. The van der Waals surface area contributed by atoms with Gasteiger partial charge in [0.15, 0.2) is 0 Å². The number of nitrogens with zero attached hydrogens (tertiary/aromatic N) is 2. The molecule has 2 rings (SSSR count). The van der Waals surface area contributed by atoms with Crippen LogP contribution in [0.3, 0.4) is 0 Å². The molecule has 1 aliphatic carbocycles. The number of hydrogen-bond donors (Lipinski definition) is 0. The Morgan fingerprint density at radius 1 is 1.14 bits per heavy atom. The molecule has 0 aromatic carbocycles. The number of hydrogen-bond acceptors (Lipinski definition) is 4. The van der Waals surface area contributed by atoms with E-state index in [0.717, 1.165) is 38.8 Å². The predicted octanol–water partition coefficient (Wildman–Crippen LogP) is 2.05. The lowest BCUT2D eigenvalue weighted by molar-refractivity contribution is -0.144. The monoisotopic (exact) mass is 310 g/mol. The molecule has 0 aromatic rings. The second-order valence-electron chi connectivity index (χ2n) is 6.41. The fraction of sp³-hybridized carbons (Fsp3) is 0.882. The van der Waals surface area contributed by atoms with E-state index in [1.54, 1.807) is 0 Å². The Hall–Kier alpha value is -1.10. The standard InChI is InChI=1S/C17H30N2O3/c1-2-22-16(20)9-14-19(17(21)15-7-8-15)13-6-5-12-18-10-3-4-11-18/h15H,2-14H2,1H3. The molecule has 22 heavy (non-hydrogen) atoms. The van der Waals surface area contributed by atoms with Gasteiger partial charge in [0.25, 0.3) is 0 Å². The molecular formula is C17H30N2O3. The van der Waals surface area contributed by atoms with Crippen molar-refractivity contribution in [1.82, 2.24) is 9.80 Å². The smallest absolute Gasteiger partial charge is 0.307 e. The molecule has 2 fully saturated rings. The van der Waals surface area contributed by atoms with Crippen LogP contribution in [0.25, 0.3) is 0 Å². The Kier molecular flexibility index (Phi) is 7.16. The third-order valence-electron chi connectivity index (χ3n) is 4.48. The van der Waals surface area contributed by atoms with Crippen LogP contribution >= 0.6 is 0 Å². The minimum atomic E-state index is -0.201. The first-order valence-corrected chi connectivity index (χ1v) is 8.87. The van der Waals surface area contributed by atoms with E-state index < -0.39 is 0 Å². The van der Waals surface area contributed by atoms with Crippen molar-refractivity contribution in [3.8, 4) is 0 Å². The summed E-state index contributed by atoms with van der Waals surface area (Å²) in [4.78, 5) is 28.2. The largest absolute Gasteiger partial charge is 0.466 e. The van der Waals surface area contributed by atoms with Crippen LogP contribution < -0.4 is 0 Å². The fourth-order valence-electron chi connectivity index (χ4n) is 3.02. The quantitative estimate of drug-likeness (QED) is 0.458. The van der Waals surface area contributed by atoms with Crippen LogP contribution in [0.4, 0.5) is 0 Å². The molecule has 0 radical (unpaired) electrons. The van der Waals surface area contributed by atoms with Crippen LogP contribution in [0.5, 0.6) is 0 Å². The van der Waals surface area contributed by atoms with E-state index in [-0.39, 0.29) is 17.8 Å². The average molecular weight is 310 g/mol. The number of rotatable bonds is 10. The van der Waals surface area contributed by atoms with Crippen LogP contribution in [-0.2, 0) is 14.3 Å². The zero-order valence-corrected chi connectivity index (χ0v) is 13.9. The summed E-state index contributed by atoms with van der Waals surface area (Å²) in [5.74, 6) is 0.263. The predicted molar refractivity (Wildman–Crippen MR) is 85.5 cm³/mol. The highest BCUT2D eigenvalue weighted by molar-refractivity contribution is 5.81. The molecule has 0 N–H and O–H groups in total. The molecule has 1 saturated carbocycles. The number of carbonyl (C=O) groups is 2. The van der Waals surface area contributed by atoms with E-state index in [1.165, 1.54) is 25.9 Å². The number of unbranched alkanes of at least 4 members (excludes halogenated alkanes) is 1. The Morgan fingerprint density at radius 2 is 1.86 bits per heavy atom. The molecule has 0 unspecified atom stereocenters. The van der Waals surface area contributed by atoms with E-state index in [4.69, 9.17) is 4.74 Å². The Morgan fingerprint density at radius 3 is 2.50 bits per heavy atom. The summed E-state index contributed by atoms with van der Waals surface area (Å²) >= 11 is 0. The lowest BCUT2D eigenvalue weighted by Gasteiger charge is -2.23. The van der Waals surface area contributed by atoms with Gasteiger partial charge in [-0.1, -0.05) is 0 Å². The minimum Gasteiger partial charge on any atom is -0.466 e. The topological polar surface area (TPSA) is 49.9 Å². The molecule has 1 aliphatic heterocycles. The second kappa shape index (κ2) is 9.13. The van der Waals surface area contributed by atoms with E-state index >= 15 is 0 Å². The Balaban J connectivity index is 1.67. The average Bonchev–Trinajstić information content (AvgIpc) is 3.23. The molecule has 0 spiro atoms. The second-order valence-corrected chi connectivity index (χ2v) is 6.41. The van der Waals surface area contributed by atoms with Crippen molar-refractivity contribution in [2.45, 2.75) is 51.9 Å². The van der Waals surface area contributed by atoms with Gasteiger partial charge in [-0.05, 0) is 65.1 Å². The summed E-state index contributed by atoms with van der Waals surface area (Å²) in [5.41, 5.74) is 0. The highest BCUT2D eigenvalue weighted by Crippen LogP contribution is 2.31. The number of amides is 1. The van der Waals surface area contributed by atoms with Crippen molar-refractivity contribution in [2.75, 3.05) is 39.3 Å². The van der Waals surface area contributed by atoms with Crippen LogP contribution in [0, 0.1) is 5.92 Å². The van der Waals surface area contributed by atoms with Crippen molar-refractivity contribution in [2.24, 2.45) is 5.92 Å². The summed E-state index contributed by atoms with van der Waals surface area (Å²) in [5, 5.41) is 0. The molecule has 1 saturated heterocycles. The molecule has 126 valence electrons. The van der Waals surface area contributed by atoms with Crippen LogP contribution in [-0.4, -0.2) is 61.0 Å². The maximum atomic E-state index is 12.3. The van der Waals surface area contributed by atoms with Gasteiger partial charge < -0.3 is 14.5 Å². The molecule has 0 bridgehead atoms. The first-order valence-electron chi connectivity index (χ1n) is 8.87. The van der Waals surface area contributed by atoms with Gasteiger partial charge in [-0.15, -0.1) is 0 Å². The maximum Gasteiger partial charge on any atom is 0.307 e. The van der Waals surface area contributed by atoms with Crippen molar-refractivity contribution < 1.29 is 14.3 Å². The summed E-state index contributed by atoms with van der Waals surface area (Å²) in [6.07, 6.45) is 7.16. The number of esters is 1. The zero-order valence-electron chi connectivity index (χ0n) is 13.9. The first-order chi connectivity index (χ1) is 10.7. The Bertz CT molecular complexity index is 363. The highest BCUT2D eigenvalue weighted by atomic mass is 16.5. The van der Waals surface area contributed by atoms with Crippen LogP contribution in [0.15, 0.2) is 0 Å². The van der Waals surface area contributed by atoms with Gasteiger partial charge in [0.05, 0.1) is 13.0 Å². The summed E-state index contributed by atoms with van der Waals surface area (Å²) in [7, 11) is 0. The minimum absolute atomic E-state index is 0.201. The van der Waals surface area contributed by atoms with E-state index in [9.17, 15) is 9.59 Å². The Labute approximate surface area is 134 Å². The first kappa shape index (κ1) is 17.3. The van der Waals surface area contributed by atoms with E-state index in [1.807, 2.05) is 11.8 Å². The molecule has 1 amide bonds. The summed E-state index contributed by atoms with van der Waals surface area (Å²) < 4.78 is 4.96. The summed E-state index contributed by atoms with van der Waals surface area (Å²) in [6, 6.07) is 0. The number of carbonyl (C=O) groups excluding carboxylic acids is 2. The van der Waals surface area contributed by atoms with Gasteiger partial charge in [-0.2, -0.15) is 0 Å². The lowest BCUT2D eigenvalue weighted by atomic mass is 10.2. The van der Waals surface area contributed by atoms with Gasteiger partial charge in [0, 0.05) is 19.0 Å². The van der Waals surface area contributed by atoms with Gasteiger partial charge in [0.2, 0.25) is 5.91 Å². The maximum absolute atomic E-state index is 12.3. The highest BCUT2D eigenvalue weighted by Gasteiger charge is 2.33. The van der Waals surface area contributed by atoms with Crippen molar-refractivity contribution in [3.05, 3.63) is 0 Å². The third-order valence-corrected chi connectivity index (χ3v) is 4.48. The molecule has 0 aromatic heterocycles. The molecule has 5 nitrogen and oxygen atoms in total. The molecular weight excluding hydrogens is 280 g/mol. The van der Waals surface area contributed by atoms with Gasteiger partial charge in [-0.3, -0.25) is 9.59 Å². The number of likely N-dealkylation sites (tertiary alicyclic amines) is 1. The molecule has 2 aliphatic rings. The van der Waals surface area contributed by atoms with E-state index in [0.29, 0.717) is 19.6 Å². The van der Waals surface area contributed by atoms with E-state index in [2.05, 4.69) is 4.90 Å². The summed E-state index contributed by atoms with van der Waals surface area (Å²) in [6.45, 7) is 7.11. The SMILES string of the molecule is CCOC(=O)CCN(CCCCN1CCCC1)C(=O)C1CC1. The van der Waals surface area contributed by atoms with Crippen molar-refractivity contribution in [1.29, 1.82) is 0 Å². The fourth-order valence-corrected chi connectivity index (χ4v) is 3.02. The van der Waals surface area contributed by atoms with Crippen LogP contribution in [0.1, 0.15) is 51.9 Å². The van der Waals surface area contributed by atoms with Crippen molar-refractivity contribution in [3.63, 3.8) is 0 Å². The molecule has 0 atom stereocenters. The van der Waals surface area contributed by atoms with Gasteiger partial charge in [0.1, 0.15) is 0 Å². The lowest BCUT2D eigenvalue weighted by Crippen LogP contribution is -2.35. The third kappa shape index (κ3) is 5.95. The van der Waals surface area contributed by atoms with Gasteiger partial charge >= 0.3 is 5.97 Å². The molecule has 1 heterocycles. The van der Waals surface area contributed by atoms with Crippen LogP contribution in [0.2, 0.25) is 0 Å². The van der Waals surface area contributed by atoms with Gasteiger partial charge in [-0.25, -0.2) is 0 Å².